The Hall–Kier alpha value is -4.67. The van der Waals surface area contributed by atoms with Gasteiger partial charge in [-0.3, -0.25) is 4.68 Å². The second-order valence-electron chi connectivity index (χ2n) is 13.8. The number of phenolic OH excluding ortho intramolecular Hbond substituents is 1. The number of phenols is 1. The number of fused-ring (bicyclic) bond motifs is 6. The second kappa shape index (κ2) is 11.7. The minimum Gasteiger partial charge on any atom is -0.508 e. The molecule has 3 aliphatic rings. The lowest BCUT2D eigenvalue weighted by atomic mass is 9.91. The monoisotopic (exact) mass is 687 g/mol. The van der Waals surface area contributed by atoms with E-state index < -0.39 is 23.0 Å². The highest BCUT2D eigenvalue weighted by atomic mass is 19.3. The van der Waals surface area contributed by atoms with Gasteiger partial charge in [-0.25, -0.2) is 17.6 Å². The number of hydrogen-bond acceptors (Lipinski definition) is 8. The van der Waals surface area contributed by atoms with E-state index in [4.69, 9.17) is 16.1 Å². The molecule has 5 aromatic rings. The molecule has 260 valence electrons. The predicted octanol–water partition coefficient (Wildman–Crippen LogP) is 5.99. The van der Waals surface area contributed by atoms with E-state index in [0.29, 0.717) is 48.2 Å². The summed E-state index contributed by atoms with van der Waals surface area (Å²) in [4.78, 5) is 13.6. The van der Waals surface area contributed by atoms with E-state index in [1.165, 1.54) is 24.3 Å². The van der Waals surface area contributed by atoms with Crippen molar-refractivity contribution in [2.45, 2.75) is 51.1 Å². The number of aryl methyl sites for hydroxylation is 1. The van der Waals surface area contributed by atoms with Gasteiger partial charge in [0.05, 0.1) is 16.4 Å². The molecule has 2 aliphatic heterocycles. The minimum atomic E-state index is -2.92. The maximum atomic E-state index is 17.5. The quantitative estimate of drug-likeness (QED) is 0.144. The van der Waals surface area contributed by atoms with Crippen molar-refractivity contribution in [1.29, 1.82) is 0 Å². The van der Waals surface area contributed by atoms with Gasteiger partial charge in [-0.1, -0.05) is 25.8 Å². The molecule has 3 atom stereocenters. The lowest BCUT2D eigenvalue weighted by Crippen LogP contribution is -2.52. The van der Waals surface area contributed by atoms with Crippen LogP contribution in [-0.4, -0.2) is 87.1 Å². The fourth-order valence-electron chi connectivity index (χ4n) is 8.13. The van der Waals surface area contributed by atoms with Gasteiger partial charge in [-0.2, -0.15) is 15.1 Å². The van der Waals surface area contributed by atoms with E-state index in [-0.39, 0.29) is 76.5 Å². The van der Waals surface area contributed by atoms with Gasteiger partial charge in [0, 0.05) is 67.7 Å². The molecule has 2 saturated heterocycles. The third-order valence-corrected chi connectivity index (χ3v) is 10.8. The van der Waals surface area contributed by atoms with Crippen LogP contribution in [0.3, 0.4) is 0 Å². The number of rotatable bonds is 9. The van der Waals surface area contributed by atoms with E-state index in [1.54, 1.807) is 17.9 Å². The summed E-state index contributed by atoms with van der Waals surface area (Å²) >= 11 is 0. The number of alkyl halides is 2. The molecular weight excluding hydrogens is 650 g/mol. The summed E-state index contributed by atoms with van der Waals surface area (Å²) in [5.74, 6) is -1.75. The highest BCUT2D eigenvalue weighted by molar-refractivity contribution is 6.18. The van der Waals surface area contributed by atoms with Crippen molar-refractivity contribution in [3.05, 3.63) is 47.7 Å². The van der Waals surface area contributed by atoms with Crippen molar-refractivity contribution < 1.29 is 27.4 Å². The first-order valence-electron chi connectivity index (χ1n) is 17.0. The van der Waals surface area contributed by atoms with Crippen LogP contribution in [0.1, 0.15) is 38.7 Å². The third kappa shape index (κ3) is 4.94. The standard InChI is InChI=1S/C37H37F4N7O2/c1-5-24-27(38)11-8-20-12-23(49)13-25(28(20)24)29-31(39)33-30(26-16-46(4)45-32(26)29)34(48-21-9-10-22(48)15-42-14-21)44-35(43-33)50-19-36(17-37(36,40)41)18-47(6-2)7-3/h1,8,11-13,16,21-22,42,49H,6-7,9-10,14-15,17-19H2,2-4H3/t21-,22+,36-/m1/s1. The molecule has 0 spiro atoms. The molecule has 1 aliphatic carbocycles. The lowest BCUT2D eigenvalue weighted by molar-refractivity contribution is 0.0235. The second-order valence-corrected chi connectivity index (χ2v) is 13.8. The zero-order chi connectivity index (χ0) is 35.1. The van der Waals surface area contributed by atoms with Crippen molar-refractivity contribution in [3.63, 3.8) is 0 Å². The summed E-state index contributed by atoms with van der Waals surface area (Å²) in [5, 5.41) is 20.5. The molecule has 0 radical (unpaired) electrons. The number of benzene rings is 3. The maximum Gasteiger partial charge on any atom is 0.319 e. The average Bonchev–Trinajstić information content (AvgIpc) is 3.27. The Morgan fingerprint density at radius 3 is 2.46 bits per heavy atom. The Bertz CT molecular complexity index is 2210. The molecule has 8 rings (SSSR count). The van der Waals surface area contributed by atoms with Crippen LogP contribution in [0.2, 0.25) is 0 Å². The van der Waals surface area contributed by atoms with E-state index in [9.17, 15) is 13.9 Å². The van der Waals surface area contributed by atoms with Gasteiger partial charge in [0.2, 0.25) is 0 Å². The molecule has 9 nitrogen and oxygen atoms in total. The Kier molecular flexibility index (Phi) is 7.61. The zero-order valence-electron chi connectivity index (χ0n) is 28.0. The average molecular weight is 688 g/mol. The topological polar surface area (TPSA) is 91.6 Å². The maximum absolute atomic E-state index is 17.5. The first-order chi connectivity index (χ1) is 24.0. The summed E-state index contributed by atoms with van der Waals surface area (Å²) in [6.45, 7) is 6.27. The van der Waals surface area contributed by atoms with E-state index in [0.717, 1.165) is 12.8 Å². The van der Waals surface area contributed by atoms with Crippen molar-refractivity contribution in [2.75, 3.05) is 44.2 Å². The molecule has 13 heteroatoms. The highest BCUT2D eigenvalue weighted by Crippen LogP contribution is 2.61. The number of anilines is 1. The molecule has 4 heterocycles. The van der Waals surface area contributed by atoms with Crippen molar-refractivity contribution in [2.24, 2.45) is 12.5 Å². The first kappa shape index (κ1) is 32.5. The molecule has 3 aromatic carbocycles. The van der Waals surface area contributed by atoms with Gasteiger partial charge in [0.25, 0.3) is 5.92 Å². The molecule has 1 saturated carbocycles. The Morgan fingerprint density at radius 1 is 1.08 bits per heavy atom. The van der Waals surface area contributed by atoms with Crippen molar-refractivity contribution >= 4 is 38.4 Å². The summed E-state index contributed by atoms with van der Waals surface area (Å²) in [5.41, 5.74) is -1.27. The molecule has 0 unspecified atom stereocenters. The van der Waals surface area contributed by atoms with Gasteiger partial charge >= 0.3 is 6.01 Å². The van der Waals surface area contributed by atoms with Crippen molar-refractivity contribution in [1.82, 2.24) is 30.0 Å². The molecule has 2 bridgehead atoms. The van der Waals surface area contributed by atoms with E-state index in [2.05, 4.69) is 26.2 Å². The number of aromatic hydroxyl groups is 1. The predicted molar refractivity (Wildman–Crippen MR) is 184 cm³/mol. The van der Waals surface area contributed by atoms with Crippen LogP contribution in [0.4, 0.5) is 23.4 Å². The molecule has 50 heavy (non-hydrogen) atoms. The number of ether oxygens (including phenoxy) is 1. The number of terminal acetylenes is 1. The van der Waals surface area contributed by atoms with Gasteiger partial charge in [0.1, 0.15) is 35.0 Å². The number of nitrogens with zero attached hydrogens (tertiary/aromatic N) is 6. The molecular formula is C37H37F4N7O2. The summed E-state index contributed by atoms with van der Waals surface area (Å²) < 4.78 is 70.2. The zero-order valence-corrected chi connectivity index (χ0v) is 28.0. The van der Waals surface area contributed by atoms with Crippen LogP contribution < -0.4 is 15.0 Å². The van der Waals surface area contributed by atoms with Crippen LogP contribution in [0.5, 0.6) is 11.8 Å². The van der Waals surface area contributed by atoms with Crippen LogP contribution in [0, 0.1) is 29.4 Å². The highest BCUT2D eigenvalue weighted by Gasteiger charge is 2.72. The third-order valence-electron chi connectivity index (χ3n) is 10.8. The van der Waals surface area contributed by atoms with E-state index >= 15 is 8.78 Å². The molecule has 2 aromatic heterocycles. The summed E-state index contributed by atoms with van der Waals surface area (Å²) in [6.07, 6.45) is 8.98. The largest absolute Gasteiger partial charge is 0.508 e. The van der Waals surface area contributed by atoms with Crippen LogP contribution >= 0.6 is 0 Å². The van der Waals surface area contributed by atoms with Crippen LogP contribution in [0.15, 0.2) is 30.5 Å². The lowest BCUT2D eigenvalue weighted by Gasteiger charge is -2.37. The van der Waals surface area contributed by atoms with Crippen LogP contribution in [0.25, 0.3) is 43.7 Å². The fourth-order valence-corrected chi connectivity index (χ4v) is 8.13. The van der Waals surface area contributed by atoms with Gasteiger partial charge in [-0.05, 0) is 55.1 Å². The van der Waals surface area contributed by atoms with Gasteiger partial charge in [0.15, 0.2) is 5.82 Å². The molecule has 3 fully saturated rings. The van der Waals surface area contributed by atoms with Crippen LogP contribution in [-0.2, 0) is 7.05 Å². The minimum absolute atomic E-state index is 0.0401. The smallest absolute Gasteiger partial charge is 0.319 e. The number of hydrogen-bond donors (Lipinski definition) is 2. The summed E-state index contributed by atoms with van der Waals surface area (Å²) in [7, 11) is 1.71. The van der Waals surface area contributed by atoms with Gasteiger partial charge < -0.3 is 25.0 Å². The Morgan fingerprint density at radius 2 is 1.80 bits per heavy atom. The Labute approximate surface area is 286 Å². The molecule has 2 N–H and O–H groups in total. The number of halogens is 4. The Balaban J connectivity index is 1.38. The molecule has 0 amide bonds. The van der Waals surface area contributed by atoms with Gasteiger partial charge in [-0.15, -0.1) is 6.42 Å². The number of aromatic nitrogens is 4. The number of piperazine rings is 1. The number of nitrogens with one attached hydrogen (secondary N) is 1. The normalized spacial score (nSPS) is 22.6. The fraction of sp³-hybridized carbons (Fsp3) is 0.432. The SMILES string of the molecule is C#Cc1c(F)ccc2cc(O)cc(-c3c(F)c4nc(OC[C@]5(CN(CC)CC)CC5(F)F)nc(N5[C@@H]6CC[C@H]5CNC6)c4c4cn(C)nc34)c12. The first-order valence-corrected chi connectivity index (χ1v) is 17.0. The summed E-state index contributed by atoms with van der Waals surface area (Å²) in [6, 6.07) is 5.35. The van der Waals surface area contributed by atoms with E-state index in [1.807, 2.05) is 18.7 Å². The van der Waals surface area contributed by atoms with Crippen molar-refractivity contribution in [3.8, 4) is 35.2 Å².